The van der Waals surface area contributed by atoms with Crippen LogP contribution in [0.1, 0.15) is 12.5 Å². The Kier molecular flexibility index (Phi) is 5.03. The van der Waals surface area contributed by atoms with Crippen LogP contribution in [0.15, 0.2) is 97.2 Å². The molecule has 2 heterocycles. The molecule has 1 saturated heterocycles. The molecule has 0 N–H and O–H groups in total. The summed E-state index contributed by atoms with van der Waals surface area (Å²) >= 11 is 0. The van der Waals surface area contributed by atoms with E-state index >= 15 is 0 Å². The van der Waals surface area contributed by atoms with Gasteiger partial charge in [0.25, 0.3) is 5.91 Å². The summed E-state index contributed by atoms with van der Waals surface area (Å²) in [5.74, 6) is -0.217. The molecular weight excluding hydrogens is 400 g/mol. The Morgan fingerprint density at radius 3 is 1.97 bits per heavy atom. The van der Waals surface area contributed by atoms with Crippen molar-refractivity contribution < 1.29 is 9.59 Å². The highest BCUT2D eigenvalue weighted by Gasteiger charge is 2.43. The zero-order valence-electron chi connectivity index (χ0n) is 17.6. The first-order valence-electron chi connectivity index (χ1n) is 10.5. The van der Waals surface area contributed by atoms with E-state index in [1.807, 2.05) is 97.2 Å². The number of carbonyl (C=O) groups is 2. The smallest absolute Gasteiger partial charge is 0.282 e. The lowest BCUT2D eigenvalue weighted by Crippen LogP contribution is -2.33. The van der Waals surface area contributed by atoms with Crippen molar-refractivity contribution in [2.24, 2.45) is 0 Å². The van der Waals surface area contributed by atoms with E-state index in [4.69, 9.17) is 5.10 Å². The number of benzene rings is 3. The molecule has 3 aromatic carbocycles. The monoisotopic (exact) mass is 422 g/mol. The van der Waals surface area contributed by atoms with Gasteiger partial charge >= 0.3 is 6.03 Å². The van der Waals surface area contributed by atoms with Crippen molar-refractivity contribution in [2.45, 2.75) is 19.5 Å². The lowest BCUT2D eigenvalue weighted by molar-refractivity contribution is -0.127. The number of carbonyl (C=O) groups excluding carboxylic acids is 2. The van der Waals surface area contributed by atoms with Crippen LogP contribution in [0.25, 0.3) is 16.9 Å². The summed E-state index contributed by atoms with van der Waals surface area (Å²) in [5, 5.41) is 4.79. The number of amides is 3. The van der Waals surface area contributed by atoms with Crippen molar-refractivity contribution in [2.75, 3.05) is 4.90 Å². The third kappa shape index (κ3) is 3.46. The summed E-state index contributed by atoms with van der Waals surface area (Å²) < 4.78 is 1.79. The number of rotatable bonds is 5. The first kappa shape index (κ1) is 19.8. The molecule has 0 saturated carbocycles. The largest absolute Gasteiger partial charge is 0.332 e. The normalized spacial score (nSPS) is 16.1. The van der Waals surface area contributed by atoms with Crippen LogP contribution in [0, 0.1) is 0 Å². The maximum atomic E-state index is 13.3. The number of aromatic nitrogens is 2. The Hall–Kier alpha value is -4.19. The van der Waals surface area contributed by atoms with Gasteiger partial charge in [0.15, 0.2) is 0 Å². The number of anilines is 1. The molecule has 1 aliphatic heterocycles. The van der Waals surface area contributed by atoms with Gasteiger partial charge in [0.2, 0.25) is 0 Å². The van der Waals surface area contributed by atoms with E-state index < -0.39 is 6.04 Å². The average Bonchev–Trinajstić information content (AvgIpc) is 3.36. The molecule has 6 heteroatoms. The Morgan fingerprint density at radius 2 is 1.34 bits per heavy atom. The minimum Gasteiger partial charge on any atom is -0.282 e. The van der Waals surface area contributed by atoms with Gasteiger partial charge in [-0.15, -0.1) is 0 Å². The first-order chi connectivity index (χ1) is 15.6. The fraction of sp³-hybridized carbons (Fsp3) is 0.115. The molecule has 5 rings (SSSR count). The second-order valence-electron chi connectivity index (χ2n) is 7.74. The molecule has 0 radical (unpaired) electrons. The fourth-order valence-corrected chi connectivity index (χ4v) is 4.04. The third-order valence-corrected chi connectivity index (χ3v) is 5.67. The van der Waals surface area contributed by atoms with Crippen LogP contribution in [0.5, 0.6) is 0 Å². The molecule has 1 fully saturated rings. The number of urea groups is 1. The van der Waals surface area contributed by atoms with Crippen molar-refractivity contribution in [3.8, 4) is 16.9 Å². The number of nitrogens with zero attached hydrogens (tertiary/aromatic N) is 4. The highest BCUT2D eigenvalue weighted by Crippen LogP contribution is 2.30. The molecule has 1 atom stereocenters. The Labute approximate surface area is 186 Å². The van der Waals surface area contributed by atoms with Gasteiger partial charge < -0.3 is 0 Å². The molecule has 1 aromatic heterocycles. The minimum absolute atomic E-state index is 0.155. The van der Waals surface area contributed by atoms with Crippen LogP contribution in [0.2, 0.25) is 0 Å². The number of hydrogen-bond acceptors (Lipinski definition) is 3. The van der Waals surface area contributed by atoms with Gasteiger partial charge in [-0.3, -0.25) is 14.6 Å². The van der Waals surface area contributed by atoms with Crippen molar-refractivity contribution in [3.05, 3.63) is 103 Å². The summed E-state index contributed by atoms with van der Waals surface area (Å²) in [6.45, 7) is 1.92. The van der Waals surface area contributed by atoms with E-state index in [2.05, 4.69) is 0 Å². The zero-order valence-corrected chi connectivity index (χ0v) is 17.6. The maximum Gasteiger partial charge on any atom is 0.332 e. The summed E-state index contributed by atoms with van der Waals surface area (Å²) in [7, 11) is 0. The SMILES string of the molecule is CC1C(=O)N(Cc2cn(-c3ccccc3)nc2-c2ccccc2)C(=O)N1c1ccccc1. The topological polar surface area (TPSA) is 58.4 Å². The highest BCUT2D eigenvalue weighted by atomic mass is 16.2. The third-order valence-electron chi connectivity index (χ3n) is 5.67. The zero-order chi connectivity index (χ0) is 22.1. The summed E-state index contributed by atoms with van der Waals surface area (Å²) in [6.07, 6.45) is 1.90. The lowest BCUT2D eigenvalue weighted by Gasteiger charge is -2.19. The quantitative estimate of drug-likeness (QED) is 0.430. The molecule has 1 unspecified atom stereocenters. The van der Waals surface area contributed by atoms with E-state index in [-0.39, 0.29) is 18.5 Å². The molecule has 1 aliphatic rings. The molecule has 0 aliphatic carbocycles. The number of para-hydroxylation sites is 2. The Balaban J connectivity index is 1.53. The first-order valence-corrected chi connectivity index (χ1v) is 10.5. The highest BCUT2D eigenvalue weighted by molar-refractivity contribution is 6.14. The van der Waals surface area contributed by atoms with Gasteiger partial charge in [-0.25, -0.2) is 9.48 Å². The van der Waals surface area contributed by atoms with Crippen LogP contribution in [0.4, 0.5) is 10.5 Å². The standard InChI is InChI=1S/C26H22N4O2/c1-19-25(31)28(26(32)30(19)23-15-9-4-10-16-23)17-21-18-29(22-13-7-3-8-14-22)27-24(21)20-11-5-2-6-12-20/h2-16,18-19H,17H2,1H3. The lowest BCUT2D eigenvalue weighted by atomic mass is 10.1. The van der Waals surface area contributed by atoms with Crippen LogP contribution in [-0.2, 0) is 11.3 Å². The fourth-order valence-electron chi connectivity index (χ4n) is 4.04. The predicted octanol–water partition coefficient (Wildman–Crippen LogP) is 4.90. The van der Waals surface area contributed by atoms with Crippen LogP contribution >= 0.6 is 0 Å². The predicted molar refractivity (Wildman–Crippen MR) is 123 cm³/mol. The molecule has 158 valence electrons. The van der Waals surface area contributed by atoms with E-state index in [9.17, 15) is 9.59 Å². The van der Waals surface area contributed by atoms with Crippen LogP contribution < -0.4 is 4.90 Å². The summed E-state index contributed by atoms with van der Waals surface area (Å²) in [6, 6.07) is 28.0. The number of imide groups is 1. The second kappa shape index (κ2) is 8.15. The maximum absolute atomic E-state index is 13.3. The van der Waals surface area contributed by atoms with Crippen molar-refractivity contribution in [1.82, 2.24) is 14.7 Å². The van der Waals surface area contributed by atoms with Gasteiger partial charge in [0.05, 0.1) is 17.9 Å². The Morgan fingerprint density at radius 1 is 0.781 bits per heavy atom. The summed E-state index contributed by atoms with van der Waals surface area (Å²) in [4.78, 5) is 29.2. The van der Waals surface area contributed by atoms with Gasteiger partial charge in [-0.05, 0) is 31.2 Å². The number of hydrogen-bond donors (Lipinski definition) is 0. The van der Waals surface area contributed by atoms with E-state index in [0.29, 0.717) is 5.69 Å². The van der Waals surface area contributed by atoms with Gasteiger partial charge in [0.1, 0.15) is 6.04 Å². The summed E-state index contributed by atoms with van der Waals surface area (Å²) in [5.41, 5.74) is 4.12. The van der Waals surface area contributed by atoms with Gasteiger partial charge in [-0.1, -0.05) is 66.7 Å². The molecule has 3 amide bonds. The molecule has 4 aromatic rings. The van der Waals surface area contributed by atoms with Crippen molar-refractivity contribution >= 4 is 17.6 Å². The van der Waals surface area contributed by atoms with E-state index in [0.717, 1.165) is 22.5 Å². The van der Waals surface area contributed by atoms with Crippen molar-refractivity contribution in [3.63, 3.8) is 0 Å². The Bertz CT molecular complexity index is 1250. The van der Waals surface area contributed by atoms with Crippen LogP contribution in [0.3, 0.4) is 0 Å². The van der Waals surface area contributed by atoms with Gasteiger partial charge in [0, 0.05) is 23.0 Å². The average molecular weight is 422 g/mol. The molecule has 0 spiro atoms. The van der Waals surface area contributed by atoms with Gasteiger partial charge in [-0.2, -0.15) is 5.10 Å². The minimum atomic E-state index is -0.561. The van der Waals surface area contributed by atoms with Crippen molar-refractivity contribution in [1.29, 1.82) is 0 Å². The van der Waals surface area contributed by atoms with Crippen LogP contribution in [-0.4, -0.2) is 32.7 Å². The molecular formula is C26H22N4O2. The second-order valence-corrected chi connectivity index (χ2v) is 7.74. The molecule has 32 heavy (non-hydrogen) atoms. The van der Waals surface area contributed by atoms with E-state index in [1.54, 1.807) is 16.5 Å². The van der Waals surface area contributed by atoms with E-state index in [1.165, 1.54) is 4.90 Å². The molecule has 0 bridgehead atoms. The molecule has 6 nitrogen and oxygen atoms in total.